The summed E-state index contributed by atoms with van der Waals surface area (Å²) in [5.74, 6) is -2.01. The molecule has 2 saturated heterocycles. The first-order valence-corrected chi connectivity index (χ1v) is 12.5. The van der Waals surface area contributed by atoms with Gasteiger partial charge < -0.3 is 24.2 Å². The minimum Gasteiger partial charge on any atom is -0.507 e. The number of amides is 1. The number of halogens is 1. The fourth-order valence-corrected chi connectivity index (χ4v) is 4.71. The van der Waals surface area contributed by atoms with Crippen LogP contribution in [0.25, 0.3) is 5.76 Å². The molecule has 0 aromatic heterocycles. The third-order valence-electron chi connectivity index (χ3n) is 6.49. The van der Waals surface area contributed by atoms with Gasteiger partial charge in [-0.3, -0.25) is 14.5 Å². The second-order valence-corrected chi connectivity index (χ2v) is 9.39. The molecule has 198 valence electrons. The van der Waals surface area contributed by atoms with E-state index < -0.39 is 29.3 Å². The molecule has 9 heteroatoms. The molecular weight excluding hydrogens is 479 g/mol. The Morgan fingerprint density at radius 3 is 2.57 bits per heavy atom. The van der Waals surface area contributed by atoms with Gasteiger partial charge in [0.25, 0.3) is 11.7 Å². The number of aliphatic hydroxyl groups excluding tert-OH is 1. The molecule has 0 aliphatic carbocycles. The van der Waals surface area contributed by atoms with E-state index >= 15 is 0 Å². The van der Waals surface area contributed by atoms with Crippen LogP contribution >= 0.6 is 0 Å². The Bertz CT molecular complexity index is 1180. The van der Waals surface area contributed by atoms with Crippen molar-refractivity contribution in [1.29, 1.82) is 0 Å². The van der Waals surface area contributed by atoms with Gasteiger partial charge in [-0.15, -0.1) is 0 Å². The molecule has 0 saturated carbocycles. The predicted molar refractivity (Wildman–Crippen MR) is 136 cm³/mol. The van der Waals surface area contributed by atoms with Gasteiger partial charge in [-0.1, -0.05) is 12.1 Å². The molecule has 0 spiro atoms. The van der Waals surface area contributed by atoms with Crippen molar-refractivity contribution in [2.75, 3.05) is 46.5 Å². The van der Waals surface area contributed by atoms with Crippen LogP contribution in [0.4, 0.5) is 4.39 Å². The number of benzene rings is 2. The number of rotatable bonds is 9. The zero-order valence-electron chi connectivity index (χ0n) is 21.4. The first-order chi connectivity index (χ1) is 17.8. The first kappa shape index (κ1) is 26.6. The smallest absolute Gasteiger partial charge is 0.295 e. The molecule has 0 radical (unpaired) electrons. The molecule has 4 rings (SSSR count). The molecule has 1 atom stereocenters. The van der Waals surface area contributed by atoms with Gasteiger partial charge in [0.2, 0.25) is 0 Å². The molecule has 37 heavy (non-hydrogen) atoms. The lowest BCUT2D eigenvalue weighted by Gasteiger charge is -2.29. The SMILES string of the molecule is COc1cccc([C@H]2/C(=C(\O)c3ccc(OC(C)C)c(F)c3)C(=O)C(=O)N2CCCN2CCOCC2)c1. The lowest BCUT2D eigenvalue weighted by molar-refractivity contribution is -0.140. The van der Waals surface area contributed by atoms with Crippen molar-refractivity contribution in [3.63, 3.8) is 0 Å². The average Bonchev–Trinajstić information content (AvgIpc) is 3.15. The summed E-state index contributed by atoms with van der Waals surface area (Å²) < 4.78 is 30.9. The van der Waals surface area contributed by atoms with Gasteiger partial charge in [0, 0.05) is 31.7 Å². The van der Waals surface area contributed by atoms with Crippen LogP contribution < -0.4 is 9.47 Å². The standard InChI is InChI=1S/C28H33FN2O6/c1-18(2)37-23-9-8-20(17-22(23)29)26(32)24-25(19-6-4-7-21(16-19)35-3)31(28(34)27(24)33)11-5-10-30-12-14-36-15-13-30/h4,6-9,16-18,25,32H,5,10-15H2,1-3H3/b26-24+/t25-/m0/s1. The van der Waals surface area contributed by atoms with Gasteiger partial charge in [0.15, 0.2) is 11.6 Å². The maximum absolute atomic E-state index is 14.7. The highest BCUT2D eigenvalue weighted by Gasteiger charge is 2.46. The molecule has 1 amide bonds. The highest BCUT2D eigenvalue weighted by Crippen LogP contribution is 2.40. The number of likely N-dealkylation sites (tertiary alicyclic amines) is 1. The second kappa shape index (κ2) is 11.7. The highest BCUT2D eigenvalue weighted by atomic mass is 19.1. The minimum absolute atomic E-state index is 0.0412. The molecule has 0 bridgehead atoms. The van der Waals surface area contributed by atoms with E-state index in [9.17, 15) is 19.1 Å². The normalized spacial score (nSPS) is 20.0. The number of ether oxygens (including phenoxy) is 3. The number of ketones is 1. The highest BCUT2D eigenvalue weighted by molar-refractivity contribution is 6.46. The molecule has 8 nitrogen and oxygen atoms in total. The molecule has 0 unspecified atom stereocenters. The van der Waals surface area contributed by atoms with Crippen molar-refractivity contribution in [3.05, 3.63) is 65.0 Å². The van der Waals surface area contributed by atoms with Crippen LogP contribution in [-0.4, -0.2) is 79.2 Å². The van der Waals surface area contributed by atoms with Gasteiger partial charge in [0.1, 0.15) is 11.5 Å². The Labute approximate surface area is 216 Å². The topological polar surface area (TPSA) is 88.5 Å². The molecule has 2 aromatic rings. The Balaban J connectivity index is 1.69. The molecule has 2 aliphatic rings. The largest absolute Gasteiger partial charge is 0.507 e. The van der Waals surface area contributed by atoms with Crippen LogP contribution in [-0.2, 0) is 14.3 Å². The summed E-state index contributed by atoms with van der Waals surface area (Å²) in [7, 11) is 1.53. The molecular formula is C28H33FN2O6. The maximum atomic E-state index is 14.7. The van der Waals surface area contributed by atoms with E-state index in [1.807, 2.05) is 0 Å². The molecule has 2 aliphatic heterocycles. The van der Waals surface area contributed by atoms with E-state index in [4.69, 9.17) is 14.2 Å². The molecule has 2 aromatic carbocycles. The van der Waals surface area contributed by atoms with Crippen LogP contribution in [0.5, 0.6) is 11.5 Å². The molecule has 2 fully saturated rings. The number of carbonyl (C=O) groups is 2. The van der Waals surface area contributed by atoms with Gasteiger partial charge in [-0.05, 0) is 56.2 Å². The summed E-state index contributed by atoms with van der Waals surface area (Å²) >= 11 is 0. The Morgan fingerprint density at radius 2 is 1.89 bits per heavy atom. The van der Waals surface area contributed by atoms with E-state index in [2.05, 4.69) is 4.90 Å². The first-order valence-electron chi connectivity index (χ1n) is 12.5. The minimum atomic E-state index is -0.838. The van der Waals surface area contributed by atoms with Gasteiger partial charge in [-0.2, -0.15) is 0 Å². The van der Waals surface area contributed by atoms with Crippen molar-refractivity contribution in [3.8, 4) is 11.5 Å². The van der Waals surface area contributed by atoms with Crippen LogP contribution in [0.15, 0.2) is 48.0 Å². The summed E-state index contributed by atoms with van der Waals surface area (Å²) in [6, 6.07) is 10.2. The Kier molecular flexibility index (Phi) is 8.45. The third kappa shape index (κ3) is 5.94. The number of nitrogens with zero attached hydrogens (tertiary/aromatic N) is 2. The van der Waals surface area contributed by atoms with Crippen molar-refractivity contribution < 1.29 is 33.3 Å². The van der Waals surface area contributed by atoms with E-state index in [-0.39, 0.29) is 23.0 Å². The van der Waals surface area contributed by atoms with Crippen LogP contribution in [0.2, 0.25) is 0 Å². The van der Waals surface area contributed by atoms with E-state index in [0.717, 1.165) is 25.7 Å². The maximum Gasteiger partial charge on any atom is 0.295 e. The second-order valence-electron chi connectivity index (χ2n) is 9.39. The van der Waals surface area contributed by atoms with Crippen molar-refractivity contribution >= 4 is 17.4 Å². The van der Waals surface area contributed by atoms with Crippen LogP contribution in [0, 0.1) is 5.82 Å². The van der Waals surface area contributed by atoms with Gasteiger partial charge in [0.05, 0.1) is 38.0 Å². The summed E-state index contributed by atoms with van der Waals surface area (Å²) in [5, 5.41) is 11.2. The van der Waals surface area contributed by atoms with E-state index in [1.54, 1.807) is 38.1 Å². The predicted octanol–water partition coefficient (Wildman–Crippen LogP) is 3.77. The lowest BCUT2D eigenvalue weighted by atomic mass is 9.95. The lowest BCUT2D eigenvalue weighted by Crippen LogP contribution is -2.38. The zero-order chi connectivity index (χ0) is 26.5. The fraction of sp³-hybridized carbons (Fsp3) is 0.429. The Hall–Kier alpha value is -3.43. The van der Waals surface area contributed by atoms with Crippen molar-refractivity contribution in [2.45, 2.75) is 32.4 Å². The van der Waals surface area contributed by atoms with Crippen LogP contribution in [0.1, 0.15) is 37.4 Å². The third-order valence-corrected chi connectivity index (χ3v) is 6.49. The number of morpholine rings is 1. The van der Waals surface area contributed by atoms with Crippen molar-refractivity contribution in [2.24, 2.45) is 0 Å². The molecule has 2 heterocycles. The van der Waals surface area contributed by atoms with E-state index in [0.29, 0.717) is 37.5 Å². The summed E-state index contributed by atoms with van der Waals surface area (Å²) in [4.78, 5) is 30.2. The summed E-state index contributed by atoms with van der Waals surface area (Å²) in [6.45, 7) is 7.61. The zero-order valence-corrected chi connectivity index (χ0v) is 21.4. The summed E-state index contributed by atoms with van der Waals surface area (Å²) in [6.07, 6.45) is 0.411. The Morgan fingerprint density at radius 1 is 1.14 bits per heavy atom. The average molecular weight is 513 g/mol. The van der Waals surface area contributed by atoms with Crippen molar-refractivity contribution in [1.82, 2.24) is 9.80 Å². The number of Topliss-reactive ketones (excluding diaryl/α,β-unsaturated/α-hetero) is 1. The quantitative estimate of drug-likeness (QED) is 0.311. The number of methoxy groups -OCH3 is 1. The van der Waals surface area contributed by atoms with E-state index in [1.165, 1.54) is 24.1 Å². The van der Waals surface area contributed by atoms with Gasteiger partial charge in [-0.25, -0.2) is 4.39 Å². The van der Waals surface area contributed by atoms with Crippen LogP contribution in [0.3, 0.4) is 0 Å². The monoisotopic (exact) mass is 512 g/mol. The summed E-state index contributed by atoms with van der Waals surface area (Å²) in [5.41, 5.74) is 0.626. The molecule has 1 N–H and O–H groups in total. The number of carbonyl (C=O) groups excluding carboxylic acids is 2. The van der Waals surface area contributed by atoms with Gasteiger partial charge >= 0.3 is 0 Å². The number of hydrogen-bond donors (Lipinski definition) is 1. The number of aliphatic hydroxyl groups is 1. The fourth-order valence-electron chi connectivity index (χ4n) is 4.71. The number of hydrogen-bond acceptors (Lipinski definition) is 7.